The van der Waals surface area contributed by atoms with Crippen molar-refractivity contribution in [2.24, 2.45) is 4.99 Å². The maximum absolute atomic E-state index is 14.4. The normalized spacial score (nSPS) is 17.2. The van der Waals surface area contributed by atoms with E-state index in [0.717, 1.165) is 15.5 Å². The number of alkyl halides is 3. The van der Waals surface area contributed by atoms with E-state index in [0.29, 0.717) is 0 Å². The molecule has 0 aliphatic carbocycles. The molecule has 152 valence electrons. The van der Waals surface area contributed by atoms with Crippen LogP contribution in [-0.2, 0) is 4.79 Å². The van der Waals surface area contributed by atoms with Crippen LogP contribution < -0.4 is 10.2 Å². The number of benzene rings is 2. The molecule has 3 rings (SSSR count). The van der Waals surface area contributed by atoms with Crippen LogP contribution in [0.25, 0.3) is 0 Å². The van der Waals surface area contributed by atoms with Crippen molar-refractivity contribution < 1.29 is 14.0 Å². The summed E-state index contributed by atoms with van der Waals surface area (Å²) in [6, 6.07) is 14.2. The zero-order valence-corrected chi connectivity index (χ0v) is 19.1. The van der Waals surface area contributed by atoms with E-state index in [4.69, 9.17) is 11.6 Å². The first-order chi connectivity index (χ1) is 13.8. The fraction of sp³-hybridized carbons (Fsp3) is 0.211. The summed E-state index contributed by atoms with van der Waals surface area (Å²) in [6.45, 7) is 0. The number of hydrogen-bond donors (Lipinski definition) is 1. The molecular formula is C19H16Br2ClFN4O2. The van der Waals surface area contributed by atoms with Gasteiger partial charge in [-0.05, 0) is 24.3 Å². The largest absolute Gasteiger partial charge is 0.362 e. The van der Waals surface area contributed by atoms with Crippen LogP contribution in [0.15, 0.2) is 59.6 Å². The lowest BCUT2D eigenvalue weighted by Crippen LogP contribution is -2.41. The summed E-state index contributed by atoms with van der Waals surface area (Å²) in [7, 11) is 1.32. The Kier molecular flexibility index (Phi) is 6.60. The molecule has 1 fully saturated rings. The van der Waals surface area contributed by atoms with E-state index >= 15 is 0 Å². The SMILES string of the molecule is CN1C(=O)/C(=N\C(Nc2ccccc2)C(Br)(Br)CCl)N(c2ccccc2F)C1=O. The summed E-state index contributed by atoms with van der Waals surface area (Å²) in [5, 5.41) is 3.17. The second-order valence-corrected chi connectivity index (χ2v) is 10.4. The zero-order valence-electron chi connectivity index (χ0n) is 15.2. The van der Waals surface area contributed by atoms with Crippen LogP contribution in [0.2, 0.25) is 0 Å². The molecule has 1 N–H and O–H groups in total. The molecule has 1 aliphatic rings. The van der Waals surface area contributed by atoms with Crippen molar-refractivity contribution in [3.05, 3.63) is 60.4 Å². The topological polar surface area (TPSA) is 65.0 Å². The number of nitrogens with zero attached hydrogens (tertiary/aromatic N) is 3. The standard InChI is InChI=1S/C19H16Br2ClFN4O2/c1-26-16(28)15(27(18(26)29)14-10-6-5-9-13(14)23)25-17(19(20,21)11-22)24-12-7-3-2-4-8-12/h2-10,17,24H,11H2,1H3/b25-15+. The van der Waals surface area contributed by atoms with Crippen molar-refractivity contribution in [1.29, 1.82) is 0 Å². The molecule has 0 bridgehead atoms. The lowest BCUT2D eigenvalue weighted by Gasteiger charge is -2.28. The molecule has 0 spiro atoms. The number of anilines is 2. The Bertz CT molecular complexity index is 958. The Labute approximate surface area is 189 Å². The van der Waals surface area contributed by atoms with Crippen molar-refractivity contribution in [3.8, 4) is 0 Å². The van der Waals surface area contributed by atoms with Crippen molar-refractivity contribution in [1.82, 2.24) is 4.90 Å². The fourth-order valence-electron chi connectivity index (χ4n) is 2.66. The number of halogens is 4. The van der Waals surface area contributed by atoms with Gasteiger partial charge in [-0.1, -0.05) is 62.2 Å². The lowest BCUT2D eigenvalue weighted by atomic mass is 10.2. The van der Waals surface area contributed by atoms with Crippen molar-refractivity contribution in [3.63, 3.8) is 0 Å². The van der Waals surface area contributed by atoms with Crippen molar-refractivity contribution in [2.45, 2.75) is 9.40 Å². The molecule has 1 heterocycles. The molecule has 2 aromatic rings. The summed E-state index contributed by atoms with van der Waals surface area (Å²) >= 11 is 13.0. The second kappa shape index (κ2) is 8.81. The fourth-order valence-corrected chi connectivity index (χ4v) is 3.24. The predicted octanol–water partition coefficient (Wildman–Crippen LogP) is 4.79. The number of rotatable bonds is 6. The highest BCUT2D eigenvalue weighted by Gasteiger charge is 2.44. The third-order valence-corrected chi connectivity index (χ3v) is 6.68. The Morgan fingerprint density at radius 1 is 1.14 bits per heavy atom. The van der Waals surface area contributed by atoms with Crippen molar-refractivity contribution in [2.75, 3.05) is 23.1 Å². The van der Waals surface area contributed by atoms with Crippen molar-refractivity contribution >= 4 is 72.6 Å². The van der Waals surface area contributed by atoms with Gasteiger partial charge in [0.05, 0.1) is 11.6 Å². The molecule has 29 heavy (non-hydrogen) atoms. The minimum absolute atomic E-state index is 0.0620. The molecule has 1 saturated heterocycles. The van der Waals surface area contributed by atoms with E-state index in [1.165, 1.54) is 25.2 Å². The van der Waals surface area contributed by atoms with E-state index in [1.807, 2.05) is 30.3 Å². The van der Waals surface area contributed by atoms with Gasteiger partial charge in [-0.15, -0.1) is 11.6 Å². The van der Waals surface area contributed by atoms with Gasteiger partial charge in [0.15, 0.2) is 0 Å². The maximum Gasteiger partial charge on any atom is 0.337 e. The van der Waals surface area contributed by atoms with Gasteiger partial charge >= 0.3 is 6.03 Å². The predicted molar refractivity (Wildman–Crippen MR) is 120 cm³/mol. The number of carbonyl (C=O) groups excluding carboxylic acids is 2. The zero-order chi connectivity index (χ0) is 21.2. The average molecular weight is 547 g/mol. The van der Waals surface area contributed by atoms with Gasteiger partial charge in [-0.25, -0.2) is 19.1 Å². The van der Waals surface area contributed by atoms with Gasteiger partial charge in [0, 0.05) is 12.7 Å². The van der Waals surface area contributed by atoms with E-state index in [1.54, 1.807) is 6.07 Å². The van der Waals surface area contributed by atoms with Crippen LogP contribution in [0.4, 0.5) is 20.6 Å². The minimum Gasteiger partial charge on any atom is -0.362 e. The lowest BCUT2D eigenvalue weighted by molar-refractivity contribution is -0.119. The highest BCUT2D eigenvalue weighted by molar-refractivity contribution is 9.25. The molecule has 1 unspecified atom stereocenters. The van der Waals surface area contributed by atoms with Gasteiger partial charge in [-0.2, -0.15) is 0 Å². The first-order valence-electron chi connectivity index (χ1n) is 8.46. The number of aliphatic imine (C=N–C) groups is 1. The molecule has 10 heteroatoms. The Hall–Kier alpha value is -1.97. The number of amides is 3. The quantitative estimate of drug-likeness (QED) is 0.419. The molecule has 1 atom stereocenters. The summed E-state index contributed by atoms with van der Waals surface area (Å²) in [6.07, 6.45) is -0.810. The summed E-state index contributed by atoms with van der Waals surface area (Å²) < 4.78 is 13.4. The Balaban J connectivity index is 2.09. The highest BCUT2D eigenvalue weighted by atomic mass is 79.9. The average Bonchev–Trinajstić information content (AvgIpc) is 2.92. The highest BCUT2D eigenvalue weighted by Crippen LogP contribution is 2.35. The second-order valence-electron chi connectivity index (χ2n) is 6.19. The third-order valence-electron chi connectivity index (χ3n) is 4.19. The molecule has 1 aliphatic heterocycles. The molecule has 3 amide bonds. The summed E-state index contributed by atoms with van der Waals surface area (Å²) in [5.74, 6) is -1.44. The first-order valence-corrected chi connectivity index (χ1v) is 10.6. The van der Waals surface area contributed by atoms with E-state index in [2.05, 4.69) is 42.2 Å². The molecule has 0 saturated carbocycles. The number of para-hydroxylation sites is 2. The van der Waals surface area contributed by atoms with Gasteiger partial charge in [0.2, 0.25) is 5.84 Å². The first kappa shape index (κ1) is 21.7. The number of amidine groups is 1. The number of carbonyl (C=O) groups is 2. The molecule has 0 aromatic heterocycles. The van der Waals surface area contributed by atoms with E-state index in [9.17, 15) is 14.0 Å². The Morgan fingerprint density at radius 3 is 2.38 bits per heavy atom. The van der Waals surface area contributed by atoms with Crippen LogP contribution in [0.3, 0.4) is 0 Å². The number of imide groups is 1. The molecule has 6 nitrogen and oxygen atoms in total. The smallest absolute Gasteiger partial charge is 0.337 e. The van der Waals surface area contributed by atoms with Gasteiger partial charge in [0.25, 0.3) is 5.91 Å². The minimum atomic E-state index is -0.949. The van der Waals surface area contributed by atoms with Crippen LogP contribution in [0.5, 0.6) is 0 Å². The maximum atomic E-state index is 14.4. The number of likely N-dealkylation sites (N-methyl/N-ethyl adjacent to an activating group) is 1. The van der Waals surface area contributed by atoms with Crippen LogP contribution >= 0.6 is 43.5 Å². The van der Waals surface area contributed by atoms with Gasteiger partial charge < -0.3 is 5.32 Å². The Morgan fingerprint density at radius 2 is 1.76 bits per heavy atom. The van der Waals surface area contributed by atoms with Crippen LogP contribution in [0, 0.1) is 5.82 Å². The van der Waals surface area contributed by atoms with Crippen LogP contribution in [0.1, 0.15) is 0 Å². The third kappa shape index (κ3) is 4.46. The molecule has 2 aromatic carbocycles. The summed E-state index contributed by atoms with van der Waals surface area (Å²) in [5.41, 5.74) is 0.658. The number of nitrogens with one attached hydrogen (secondary N) is 1. The monoisotopic (exact) mass is 544 g/mol. The van der Waals surface area contributed by atoms with Crippen LogP contribution in [-0.4, -0.2) is 45.0 Å². The number of hydrogen-bond acceptors (Lipinski definition) is 4. The van der Waals surface area contributed by atoms with E-state index < -0.39 is 27.2 Å². The van der Waals surface area contributed by atoms with E-state index in [-0.39, 0.29) is 17.4 Å². The summed E-state index contributed by atoms with van der Waals surface area (Å²) in [4.78, 5) is 31.7. The number of urea groups is 1. The van der Waals surface area contributed by atoms with Gasteiger partial charge in [-0.3, -0.25) is 9.69 Å². The molecule has 0 radical (unpaired) electrons. The van der Waals surface area contributed by atoms with Gasteiger partial charge in [0.1, 0.15) is 15.2 Å². The molecular weight excluding hydrogens is 530 g/mol.